The van der Waals surface area contributed by atoms with Crippen molar-refractivity contribution >= 4 is 11.9 Å². The van der Waals surface area contributed by atoms with Crippen molar-refractivity contribution in [1.82, 2.24) is 0 Å². The summed E-state index contributed by atoms with van der Waals surface area (Å²) >= 11 is 0. The van der Waals surface area contributed by atoms with Gasteiger partial charge in [-0.3, -0.25) is 4.79 Å². The van der Waals surface area contributed by atoms with Gasteiger partial charge in [-0.1, -0.05) is 77.6 Å². The molecule has 0 aromatic rings. The topological polar surface area (TPSA) is 86.7 Å². The van der Waals surface area contributed by atoms with Gasteiger partial charge in [-0.2, -0.15) is 0 Å². The van der Waals surface area contributed by atoms with E-state index in [9.17, 15) is 19.8 Å². The van der Waals surface area contributed by atoms with Crippen LogP contribution in [-0.4, -0.2) is 61.4 Å². The van der Waals surface area contributed by atoms with Crippen LogP contribution in [0.4, 0.5) is 0 Å². The molecule has 0 aliphatic rings. The lowest BCUT2D eigenvalue weighted by molar-refractivity contribution is -0.873. The normalized spacial score (nSPS) is 15.8. The number of carbonyl (C=O) groups excluding carboxylic acids is 2. The first-order chi connectivity index (χ1) is 14.9. The first kappa shape index (κ1) is 22.5. The molecule has 0 unspecified atom stereocenters. The summed E-state index contributed by atoms with van der Waals surface area (Å²) in [6.07, 6.45) is 10.9. The smallest absolute Gasteiger partial charge is 0.308 e. The Bertz CT molecular complexity index is 526. The zero-order chi connectivity index (χ0) is 24.6. The van der Waals surface area contributed by atoms with Gasteiger partial charge in [0.1, 0.15) is 6.54 Å². The third-order valence-electron chi connectivity index (χ3n) is 4.90. The molecule has 0 heterocycles. The number of aliphatic carboxylic acids is 1. The van der Waals surface area contributed by atoms with Gasteiger partial charge in [-0.25, -0.2) is 0 Å². The van der Waals surface area contributed by atoms with Crippen LogP contribution < -0.4 is 5.11 Å². The van der Waals surface area contributed by atoms with E-state index in [0.29, 0.717) is 6.42 Å². The van der Waals surface area contributed by atoms with E-state index in [4.69, 9.17) is 8.85 Å². The number of nitrogens with zero attached hydrogens (tertiary/aromatic N) is 1. The molecule has 0 spiro atoms. The van der Waals surface area contributed by atoms with Crippen molar-refractivity contribution in [3.05, 3.63) is 0 Å². The molecule has 2 atom stereocenters. The van der Waals surface area contributed by atoms with Gasteiger partial charge in [0.05, 0.1) is 37.7 Å². The van der Waals surface area contributed by atoms with Crippen LogP contribution in [0.2, 0.25) is 0 Å². The Labute approximate surface area is 182 Å². The minimum Gasteiger partial charge on any atom is -0.550 e. The van der Waals surface area contributed by atoms with Gasteiger partial charge in [0, 0.05) is 12.4 Å². The largest absolute Gasteiger partial charge is 0.550 e. The minimum atomic E-state index is -2.38. The molecular formula is C23H45NO5. The van der Waals surface area contributed by atoms with Crippen LogP contribution in [0.25, 0.3) is 0 Å². The molecule has 0 saturated heterocycles. The number of carbonyl (C=O) groups is 2. The Balaban J connectivity index is 4.11. The van der Waals surface area contributed by atoms with Crippen molar-refractivity contribution in [3.8, 4) is 0 Å². The number of carboxylic acids is 1. The zero-order valence-corrected chi connectivity index (χ0v) is 18.8. The van der Waals surface area contributed by atoms with Crippen molar-refractivity contribution in [1.29, 1.82) is 0 Å². The summed E-state index contributed by atoms with van der Waals surface area (Å²) in [5.41, 5.74) is 0. The second kappa shape index (κ2) is 16.6. The number of unbranched alkanes of at least 4 members (excludes halogenated alkanes) is 10. The first-order valence-corrected chi connectivity index (χ1v) is 11.3. The number of likely N-dealkylation sites (N-methyl/N-ethyl adjacent to an activating group) is 1. The minimum absolute atomic E-state index is 0.190. The second-order valence-corrected chi connectivity index (χ2v) is 8.74. The van der Waals surface area contributed by atoms with Crippen LogP contribution in [0.15, 0.2) is 0 Å². The summed E-state index contributed by atoms with van der Waals surface area (Å²) in [6, 6.07) is 0. The number of ether oxygens (including phenoxy) is 1. The van der Waals surface area contributed by atoms with E-state index < -0.39 is 42.0 Å². The predicted molar refractivity (Wildman–Crippen MR) is 114 cm³/mol. The standard InChI is InChI=1S/C23H45NO5/c1-5-6-7-8-9-10-11-12-13-14-15-16-20(25)17-23(28)29-21(18-22(26)27)19-24(2,3)4/h20-21,25H,5-19H2,1-4H3/t20-,21-/m1/s1/i2D3. The maximum absolute atomic E-state index is 12.1. The number of carboxylic acid groups (broad SMARTS) is 1. The first-order valence-electron chi connectivity index (χ1n) is 12.8. The van der Waals surface area contributed by atoms with Gasteiger partial charge in [0.15, 0.2) is 6.10 Å². The fraction of sp³-hybridized carbons (Fsp3) is 0.913. The van der Waals surface area contributed by atoms with Crippen LogP contribution in [0, 0.1) is 0 Å². The lowest BCUT2D eigenvalue weighted by atomic mass is 10.0. The third-order valence-corrected chi connectivity index (χ3v) is 4.90. The Morgan fingerprint density at radius 3 is 1.97 bits per heavy atom. The summed E-state index contributed by atoms with van der Waals surface area (Å²) in [7, 11) is 2.84. The molecule has 0 aliphatic heterocycles. The molecule has 0 saturated carbocycles. The van der Waals surface area contributed by atoms with Crippen LogP contribution in [0.1, 0.15) is 101 Å². The highest BCUT2D eigenvalue weighted by molar-refractivity contribution is 5.71. The third kappa shape index (κ3) is 19.9. The number of aliphatic hydroxyl groups excluding tert-OH is 1. The number of aliphatic hydroxyl groups is 1. The molecule has 6 heteroatoms. The van der Waals surface area contributed by atoms with Gasteiger partial charge in [0.2, 0.25) is 0 Å². The highest BCUT2D eigenvalue weighted by Crippen LogP contribution is 2.14. The van der Waals surface area contributed by atoms with Crippen molar-refractivity contribution < 1.29 is 33.1 Å². The Kier molecular flexibility index (Phi) is 12.9. The highest BCUT2D eigenvalue weighted by Gasteiger charge is 2.23. The molecule has 0 aliphatic carbocycles. The average Bonchev–Trinajstić information content (AvgIpc) is 2.64. The van der Waals surface area contributed by atoms with Crippen molar-refractivity contribution in [2.45, 2.75) is 109 Å². The number of hydrogen-bond donors (Lipinski definition) is 1. The number of quaternary nitrogens is 1. The lowest BCUT2D eigenvalue weighted by Crippen LogP contribution is -2.45. The van der Waals surface area contributed by atoms with Crippen molar-refractivity contribution in [2.75, 3.05) is 27.6 Å². The summed E-state index contributed by atoms with van der Waals surface area (Å²) in [6.45, 7) is -0.354. The number of rotatable bonds is 19. The monoisotopic (exact) mass is 418 g/mol. The van der Waals surface area contributed by atoms with Gasteiger partial charge in [0.25, 0.3) is 0 Å². The molecule has 0 rings (SSSR count). The maximum atomic E-state index is 12.1. The average molecular weight is 419 g/mol. The molecule has 0 aromatic heterocycles. The molecule has 0 aromatic carbocycles. The summed E-state index contributed by atoms with van der Waals surface area (Å²) in [5, 5.41) is 21.1. The molecule has 0 fully saturated rings. The molecular weight excluding hydrogens is 370 g/mol. The van der Waals surface area contributed by atoms with E-state index in [2.05, 4.69) is 6.92 Å². The van der Waals surface area contributed by atoms with Crippen molar-refractivity contribution in [3.63, 3.8) is 0 Å². The quantitative estimate of drug-likeness (QED) is 0.198. The predicted octanol–water partition coefficient (Wildman–Crippen LogP) is 3.20. The molecule has 0 radical (unpaired) electrons. The van der Waals surface area contributed by atoms with Gasteiger partial charge in [-0.15, -0.1) is 0 Å². The Morgan fingerprint density at radius 1 is 0.966 bits per heavy atom. The van der Waals surface area contributed by atoms with E-state index in [1.54, 1.807) is 0 Å². The van der Waals surface area contributed by atoms with E-state index >= 15 is 0 Å². The molecule has 29 heavy (non-hydrogen) atoms. The maximum Gasteiger partial charge on any atom is 0.308 e. The Morgan fingerprint density at radius 2 is 1.48 bits per heavy atom. The molecule has 6 nitrogen and oxygen atoms in total. The number of hydrogen-bond acceptors (Lipinski definition) is 5. The highest BCUT2D eigenvalue weighted by atomic mass is 16.5. The van der Waals surface area contributed by atoms with Crippen LogP contribution >= 0.6 is 0 Å². The van der Waals surface area contributed by atoms with E-state index in [1.165, 1.54) is 65.5 Å². The summed E-state index contributed by atoms with van der Waals surface area (Å²) in [4.78, 5) is 23.1. The van der Waals surface area contributed by atoms with Crippen LogP contribution in [0.5, 0.6) is 0 Å². The Hall–Kier alpha value is -1.14. The zero-order valence-electron chi connectivity index (χ0n) is 21.8. The molecule has 0 bridgehead atoms. The van der Waals surface area contributed by atoms with Gasteiger partial charge < -0.3 is 24.2 Å². The molecule has 0 amide bonds. The van der Waals surface area contributed by atoms with E-state index in [0.717, 1.165) is 19.3 Å². The second-order valence-electron chi connectivity index (χ2n) is 8.74. The summed E-state index contributed by atoms with van der Waals surface area (Å²) in [5.74, 6) is -2.15. The summed E-state index contributed by atoms with van der Waals surface area (Å²) < 4.78 is 27.3. The number of esters is 1. The van der Waals surface area contributed by atoms with Crippen LogP contribution in [-0.2, 0) is 14.3 Å². The van der Waals surface area contributed by atoms with E-state index in [-0.39, 0.29) is 13.0 Å². The van der Waals surface area contributed by atoms with Crippen LogP contribution in [0.3, 0.4) is 0 Å². The fourth-order valence-corrected chi connectivity index (χ4v) is 3.41. The lowest BCUT2D eigenvalue weighted by Gasteiger charge is -2.29. The van der Waals surface area contributed by atoms with E-state index in [1.807, 2.05) is 0 Å². The van der Waals surface area contributed by atoms with Gasteiger partial charge >= 0.3 is 5.97 Å². The molecule has 1 N–H and O–H groups in total. The SMILES string of the molecule is [2H]C([2H])([2H])[N+](C)(C)C[C@@H](CC(=O)[O-])OC(=O)C[C@H](O)CCCCCCCCCCCCC. The fourth-order valence-electron chi connectivity index (χ4n) is 3.41. The molecule has 172 valence electrons. The van der Waals surface area contributed by atoms with Gasteiger partial charge in [-0.05, 0) is 6.42 Å². The van der Waals surface area contributed by atoms with Crippen molar-refractivity contribution in [2.24, 2.45) is 0 Å².